The minimum atomic E-state index is -5.12. The molecule has 1 amide bonds. The number of amides is 1. The number of carbonyl (C=O) groups is 6. The fraction of sp³-hybridized carbons (Fsp3) is 0.333. The second-order valence-corrected chi connectivity index (χ2v) is 27.7. The molecule has 6 rings (SSSR count). The molecule has 4 aromatic carbocycles. The summed E-state index contributed by atoms with van der Waals surface area (Å²) in [6, 6.07) is 22.2. The Kier molecular flexibility index (Phi) is 23.6. The van der Waals surface area contributed by atoms with Crippen molar-refractivity contribution < 1.29 is 80.6 Å². The first-order valence-corrected chi connectivity index (χ1v) is 33.3. The number of Topliss-reactive ketones (excluding diaryl/α,β-unsaturated/α-hetero) is 1. The van der Waals surface area contributed by atoms with E-state index in [1.807, 2.05) is 0 Å². The summed E-state index contributed by atoms with van der Waals surface area (Å²) < 4.78 is 139. The first kappa shape index (κ1) is 70.4. The molecular weight excluding hydrogens is 1250 g/mol. The number of benzene rings is 4. The van der Waals surface area contributed by atoms with Crippen molar-refractivity contribution in [1.29, 1.82) is 0 Å². The number of aldehydes is 4. The van der Waals surface area contributed by atoms with Gasteiger partial charge in [0.05, 0.1) is 29.1 Å². The largest absolute Gasteiger partial charge is 0.350 e. The van der Waals surface area contributed by atoms with Crippen molar-refractivity contribution in [2.45, 2.75) is 100 Å². The number of aromatic nitrogens is 6. The SMILES string of the molecule is CC(C)(CC(=O)CCN(c1nc(Cc2ccccc2)nc(Cc2ccc(/C=C/c3ccc(Nc4nc(Nc5ccccc5)nc(N(CCC(=O)NC(C)(C)CS(=O)(=O)O)C(C=O)CC=O)n4)cc3S(=O)(=O)O)c(S(=O)(=O)O)c2)n1)C(C=O)CC=O)CS(=O)(=O)O. The Morgan fingerprint density at radius 2 is 1.02 bits per heavy atom. The van der Waals surface area contributed by atoms with Crippen molar-refractivity contribution in [3.63, 3.8) is 0 Å². The molecule has 0 saturated carbocycles. The van der Waals surface area contributed by atoms with E-state index in [1.54, 1.807) is 60.7 Å². The number of hydrogen-bond donors (Lipinski definition) is 7. The molecule has 0 saturated heterocycles. The topological polar surface area (TPSA) is 440 Å². The Hall–Kier alpha value is -8.70. The van der Waals surface area contributed by atoms with Crippen molar-refractivity contribution in [2.75, 3.05) is 45.0 Å². The summed E-state index contributed by atoms with van der Waals surface area (Å²) in [7, 11) is -19.2. The number of anilines is 6. The van der Waals surface area contributed by atoms with E-state index in [4.69, 9.17) is 0 Å². The summed E-state index contributed by atoms with van der Waals surface area (Å²) in [6.45, 7) is 5.07. The number of nitrogens with one attached hydrogen (secondary N) is 3. The molecule has 0 spiro atoms. The van der Waals surface area contributed by atoms with Gasteiger partial charge in [0.25, 0.3) is 40.5 Å². The van der Waals surface area contributed by atoms with Gasteiger partial charge in [-0.3, -0.25) is 27.8 Å². The third kappa shape index (κ3) is 22.1. The normalized spacial score (nSPS) is 13.0. The summed E-state index contributed by atoms with van der Waals surface area (Å²) in [4.78, 5) is 103. The van der Waals surface area contributed by atoms with Gasteiger partial charge in [-0.2, -0.15) is 58.6 Å². The van der Waals surface area contributed by atoms with Crippen LogP contribution in [0, 0.1) is 5.41 Å². The van der Waals surface area contributed by atoms with Gasteiger partial charge >= 0.3 is 0 Å². The Labute approximate surface area is 519 Å². The number of nitrogens with zero attached hydrogens (tertiary/aromatic N) is 8. The zero-order valence-electron chi connectivity index (χ0n) is 48.8. The molecule has 0 fully saturated rings. The fourth-order valence-corrected chi connectivity index (χ4v) is 12.9. The van der Waals surface area contributed by atoms with Gasteiger partial charge < -0.3 is 44.9 Å². The summed E-state index contributed by atoms with van der Waals surface area (Å²) in [5, 5.41) is 8.29. The molecule has 0 aliphatic carbocycles. The lowest BCUT2D eigenvalue weighted by molar-refractivity contribution is -0.122. The lowest BCUT2D eigenvalue weighted by Gasteiger charge is -2.29. The van der Waals surface area contributed by atoms with Crippen LogP contribution in [0.2, 0.25) is 0 Å². The monoisotopic (exact) mass is 1320 g/mol. The van der Waals surface area contributed by atoms with Gasteiger partial charge in [-0.05, 0) is 71.8 Å². The van der Waals surface area contributed by atoms with Gasteiger partial charge in [-0.1, -0.05) is 92.7 Å². The van der Waals surface area contributed by atoms with Crippen molar-refractivity contribution >= 4 is 125 Å². The van der Waals surface area contributed by atoms with Crippen LogP contribution in [0.5, 0.6) is 0 Å². The predicted octanol–water partition coefficient (Wildman–Crippen LogP) is 4.75. The molecule has 6 aromatic rings. The molecule has 2 aromatic heterocycles. The molecule has 0 bridgehead atoms. The Bertz CT molecular complexity index is 3850. The number of hydrogen-bond acceptors (Lipinski definition) is 24. The molecule has 0 aliphatic rings. The maximum absolute atomic E-state index is 13.3. The van der Waals surface area contributed by atoms with Gasteiger partial charge in [0.2, 0.25) is 29.7 Å². The lowest BCUT2D eigenvalue weighted by atomic mass is 9.88. The van der Waals surface area contributed by atoms with Crippen LogP contribution in [0.3, 0.4) is 0 Å². The third-order valence-corrected chi connectivity index (χ3v) is 17.1. The molecule has 29 nitrogen and oxygen atoms in total. The van der Waals surface area contributed by atoms with E-state index >= 15 is 0 Å². The number of rotatable bonds is 35. The van der Waals surface area contributed by atoms with Crippen LogP contribution < -0.4 is 25.8 Å². The first-order valence-electron chi connectivity index (χ1n) is 27.2. The van der Waals surface area contributed by atoms with Gasteiger partial charge in [-0.25, -0.2) is 4.98 Å². The van der Waals surface area contributed by atoms with Crippen LogP contribution in [0.4, 0.5) is 35.2 Å². The highest BCUT2D eigenvalue weighted by Crippen LogP contribution is 2.30. The molecule has 33 heteroatoms. The maximum atomic E-state index is 13.3. The highest BCUT2D eigenvalue weighted by Gasteiger charge is 2.32. The second-order valence-electron chi connectivity index (χ2n) is 22.0. The average Bonchev–Trinajstić information content (AvgIpc) is 0.853. The smallest absolute Gasteiger partial charge is 0.295 e. The summed E-state index contributed by atoms with van der Waals surface area (Å²) >= 11 is 0. The Balaban J connectivity index is 1.34. The fourth-order valence-electron chi connectivity index (χ4n) is 9.39. The van der Waals surface area contributed by atoms with Gasteiger partial charge in [0.1, 0.15) is 52.4 Å². The first-order chi connectivity index (χ1) is 42.1. The molecular formula is C57H65N11O18S4. The van der Waals surface area contributed by atoms with Gasteiger partial charge in [0.15, 0.2) is 0 Å². The average molecular weight is 1320 g/mol. The molecule has 2 heterocycles. The minimum Gasteiger partial charge on any atom is -0.350 e. The molecule has 0 aliphatic heterocycles. The van der Waals surface area contributed by atoms with Crippen LogP contribution in [0.15, 0.2) is 107 Å². The zero-order chi connectivity index (χ0) is 66.2. The maximum Gasteiger partial charge on any atom is 0.295 e. The molecule has 2 unspecified atom stereocenters. The number of carbonyl (C=O) groups excluding carboxylic acids is 6. The molecule has 480 valence electrons. The van der Waals surface area contributed by atoms with Crippen LogP contribution in [0.25, 0.3) is 12.2 Å². The quantitative estimate of drug-likeness (QED) is 0.0160. The standard InChI is InChI=1S/C57H65N11O18S4/c1-56(2,36-87(75,76)77)33-46(73)21-25-67(44(34-71)23-27-69)54-61-49(30-38-11-7-5-8-12-38)60-50(62-54)31-39-15-16-40(47(29-39)89(81,82)83)17-18-41-19-20-43(32-48(41)90(84,85)86)59-53-63-52(58-42-13-9-6-10-14-42)64-55(65-53)68(45(35-72)24-28-70)26-22-51(74)66-57(3,4)37-88(78,79)80/h5-20,27-29,32,34-35,44-45H,21-26,30-31,33,36-37H2,1-4H3,(H,66,74)(H,75,76,77)(H,78,79,80)(H,81,82,83)(H,84,85,86)(H2,58,59,63,64,65)/b18-17+. The van der Waals surface area contributed by atoms with Crippen LogP contribution in [0.1, 0.15) is 93.7 Å². The van der Waals surface area contributed by atoms with Crippen LogP contribution >= 0.6 is 0 Å². The van der Waals surface area contributed by atoms with Crippen LogP contribution in [-0.2, 0) is 82.1 Å². The van der Waals surface area contributed by atoms with Crippen molar-refractivity contribution in [3.8, 4) is 0 Å². The van der Waals surface area contributed by atoms with E-state index in [-0.39, 0.29) is 103 Å². The number of para-hydroxylation sites is 1. The second kappa shape index (κ2) is 30.2. The zero-order valence-corrected chi connectivity index (χ0v) is 52.1. The molecule has 2 atom stereocenters. The molecule has 90 heavy (non-hydrogen) atoms. The molecule has 7 N–H and O–H groups in total. The summed E-state index contributed by atoms with van der Waals surface area (Å²) in [5.41, 5.74) is -1.67. The van der Waals surface area contributed by atoms with Gasteiger partial charge in [0, 0.05) is 69.4 Å². The van der Waals surface area contributed by atoms with E-state index < -0.39 is 109 Å². The Morgan fingerprint density at radius 1 is 0.544 bits per heavy atom. The van der Waals surface area contributed by atoms with Crippen molar-refractivity contribution in [3.05, 3.63) is 131 Å². The van der Waals surface area contributed by atoms with E-state index in [0.29, 0.717) is 30.8 Å². The summed E-state index contributed by atoms with van der Waals surface area (Å²) in [5.74, 6) is -3.47. The lowest BCUT2D eigenvalue weighted by Crippen LogP contribution is -2.49. The number of ketones is 1. The van der Waals surface area contributed by atoms with E-state index in [1.165, 1.54) is 61.8 Å². The summed E-state index contributed by atoms with van der Waals surface area (Å²) in [6.07, 6.45) is 2.18. The minimum absolute atomic E-state index is 0.00275. The van der Waals surface area contributed by atoms with Crippen molar-refractivity contribution in [1.82, 2.24) is 35.2 Å². The Morgan fingerprint density at radius 3 is 1.53 bits per heavy atom. The third-order valence-electron chi connectivity index (χ3n) is 13.1. The van der Waals surface area contributed by atoms with E-state index in [2.05, 4.69) is 45.9 Å². The van der Waals surface area contributed by atoms with E-state index in [9.17, 15) is 80.6 Å². The van der Waals surface area contributed by atoms with E-state index in [0.717, 1.165) is 29.8 Å². The predicted molar refractivity (Wildman–Crippen MR) is 330 cm³/mol. The highest BCUT2D eigenvalue weighted by molar-refractivity contribution is 7.86. The highest BCUT2D eigenvalue weighted by atomic mass is 32.2. The van der Waals surface area contributed by atoms with Crippen molar-refractivity contribution in [2.24, 2.45) is 5.41 Å². The van der Waals surface area contributed by atoms with Gasteiger partial charge in [-0.15, -0.1) is 0 Å². The van der Waals surface area contributed by atoms with Crippen LogP contribution in [-0.4, -0.2) is 161 Å². The molecule has 0 radical (unpaired) electrons.